The average molecular weight is 587 g/mol. The summed E-state index contributed by atoms with van der Waals surface area (Å²) in [6, 6.07) is 35.2. The molecule has 0 radical (unpaired) electrons. The van der Waals surface area contributed by atoms with Crippen molar-refractivity contribution >= 4 is 11.1 Å². The van der Waals surface area contributed by atoms with E-state index in [-0.39, 0.29) is 6.29 Å². The first kappa shape index (κ1) is 30.2. The van der Waals surface area contributed by atoms with Gasteiger partial charge in [-0.25, -0.2) is 0 Å². The Morgan fingerprint density at radius 1 is 0.705 bits per heavy atom. The molecule has 3 heteroatoms. The molecule has 1 fully saturated rings. The van der Waals surface area contributed by atoms with E-state index in [1.807, 2.05) is 0 Å². The average Bonchev–Trinajstić information content (AvgIpc) is 3.26. The number of benzene rings is 4. The van der Waals surface area contributed by atoms with Crippen molar-refractivity contribution in [2.75, 3.05) is 13.2 Å². The Balaban J connectivity index is 1.12. The Morgan fingerprint density at radius 3 is 2.30 bits per heavy atom. The first-order chi connectivity index (χ1) is 21.7. The Morgan fingerprint density at radius 2 is 1.50 bits per heavy atom. The number of aryl methyl sites for hydroxylation is 3. The maximum atomic E-state index is 6.27. The second-order valence-corrected chi connectivity index (χ2v) is 12.3. The number of rotatable bonds is 12. The largest absolute Gasteiger partial charge is 0.494 e. The van der Waals surface area contributed by atoms with Crippen molar-refractivity contribution in [2.24, 2.45) is 0 Å². The summed E-state index contributed by atoms with van der Waals surface area (Å²) in [6.45, 7) is 3.70. The van der Waals surface area contributed by atoms with E-state index in [1.165, 1.54) is 63.8 Å². The molecule has 2 aliphatic rings. The van der Waals surface area contributed by atoms with E-state index in [0.717, 1.165) is 76.1 Å². The Hall–Kier alpha value is -3.82. The number of unbranched alkanes of at least 4 members (excludes halogenated alkanes) is 3. The van der Waals surface area contributed by atoms with Crippen LogP contribution in [0.25, 0.3) is 11.1 Å². The monoisotopic (exact) mass is 586 g/mol. The molecule has 3 nitrogen and oxygen atoms in total. The summed E-state index contributed by atoms with van der Waals surface area (Å²) >= 11 is 0. The molecule has 4 aromatic rings. The van der Waals surface area contributed by atoms with E-state index in [4.69, 9.17) is 14.2 Å². The summed E-state index contributed by atoms with van der Waals surface area (Å²) < 4.78 is 18.3. The van der Waals surface area contributed by atoms with Gasteiger partial charge in [-0.1, -0.05) is 91.2 Å². The highest BCUT2D eigenvalue weighted by atomic mass is 16.7. The van der Waals surface area contributed by atoms with Gasteiger partial charge in [-0.3, -0.25) is 0 Å². The van der Waals surface area contributed by atoms with E-state index >= 15 is 0 Å². The molecule has 1 saturated heterocycles. The van der Waals surface area contributed by atoms with Crippen LogP contribution in [-0.2, 0) is 17.6 Å². The molecule has 1 atom stereocenters. The predicted octanol–water partition coefficient (Wildman–Crippen LogP) is 10.4. The summed E-state index contributed by atoms with van der Waals surface area (Å²) in [4.78, 5) is 0. The fourth-order valence-corrected chi connectivity index (χ4v) is 6.50. The fraction of sp³-hybridized carbons (Fsp3) is 0.366. The lowest BCUT2D eigenvalue weighted by Gasteiger charge is -2.24. The van der Waals surface area contributed by atoms with Crippen LogP contribution >= 0.6 is 0 Å². The van der Waals surface area contributed by atoms with Crippen molar-refractivity contribution in [3.8, 4) is 11.5 Å². The maximum absolute atomic E-state index is 6.27. The minimum Gasteiger partial charge on any atom is -0.494 e. The van der Waals surface area contributed by atoms with Crippen LogP contribution in [0.3, 0.4) is 0 Å². The Kier molecular flexibility index (Phi) is 10.5. The summed E-state index contributed by atoms with van der Waals surface area (Å²) in [5.74, 6) is 1.86. The number of ether oxygens (including phenoxy) is 3. The van der Waals surface area contributed by atoms with Crippen LogP contribution in [0, 0.1) is 6.92 Å². The molecular formula is C41H46O3. The van der Waals surface area contributed by atoms with Gasteiger partial charge >= 0.3 is 0 Å². The molecule has 1 unspecified atom stereocenters. The van der Waals surface area contributed by atoms with Gasteiger partial charge in [-0.05, 0) is 122 Å². The van der Waals surface area contributed by atoms with Gasteiger partial charge in [0.05, 0.1) is 13.2 Å². The summed E-state index contributed by atoms with van der Waals surface area (Å²) in [6.07, 6.45) is 12.2. The van der Waals surface area contributed by atoms with E-state index < -0.39 is 0 Å². The lowest BCUT2D eigenvalue weighted by molar-refractivity contribution is -0.105. The van der Waals surface area contributed by atoms with E-state index in [9.17, 15) is 0 Å². The number of fused-ring (bicyclic) bond motifs is 1. The van der Waals surface area contributed by atoms with Crippen LogP contribution in [0.4, 0.5) is 0 Å². The van der Waals surface area contributed by atoms with Gasteiger partial charge in [-0.2, -0.15) is 0 Å². The molecule has 0 bridgehead atoms. The highest BCUT2D eigenvalue weighted by Crippen LogP contribution is 2.41. The first-order valence-corrected chi connectivity index (χ1v) is 16.7. The summed E-state index contributed by atoms with van der Waals surface area (Å²) in [5, 5.41) is 0. The number of allylic oxidation sites excluding steroid dienone is 1. The zero-order chi connectivity index (χ0) is 30.0. The van der Waals surface area contributed by atoms with Crippen molar-refractivity contribution in [1.29, 1.82) is 0 Å². The Bertz CT molecular complexity index is 1500. The molecule has 44 heavy (non-hydrogen) atoms. The van der Waals surface area contributed by atoms with Crippen LogP contribution < -0.4 is 9.47 Å². The van der Waals surface area contributed by atoms with Crippen molar-refractivity contribution in [3.05, 3.63) is 130 Å². The smallest absolute Gasteiger partial charge is 0.199 e. The lowest BCUT2D eigenvalue weighted by atomic mass is 9.88. The maximum Gasteiger partial charge on any atom is 0.199 e. The third-order valence-electron chi connectivity index (χ3n) is 8.94. The molecule has 1 aliphatic carbocycles. The minimum atomic E-state index is -0.131. The molecule has 1 aliphatic heterocycles. The van der Waals surface area contributed by atoms with Gasteiger partial charge in [0.1, 0.15) is 11.5 Å². The normalized spacial score (nSPS) is 16.7. The molecule has 0 N–H and O–H groups in total. The molecule has 4 aromatic carbocycles. The van der Waals surface area contributed by atoms with Crippen molar-refractivity contribution in [2.45, 2.75) is 83.8 Å². The molecule has 0 aromatic heterocycles. The van der Waals surface area contributed by atoms with E-state index in [0.29, 0.717) is 0 Å². The summed E-state index contributed by atoms with van der Waals surface area (Å²) in [7, 11) is 0. The lowest BCUT2D eigenvalue weighted by Crippen LogP contribution is -2.25. The minimum absolute atomic E-state index is 0.131. The molecule has 0 saturated carbocycles. The second-order valence-electron chi connectivity index (χ2n) is 12.3. The van der Waals surface area contributed by atoms with Crippen LogP contribution in [0.1, 0.15) is 91.2 Å². The van der Waals surface area contributed by atoms with Gasteiger partial charge in [0.2, 0.25) is 0 Å². The molecular weight excluding hydrogens is 540 g/mol. The van der Waals surface area contributed by atoms with Crippen LogP contribution in [0.2, 0.25) is 0 Å². The van der Waals surface area contributed by atoms with E-state index in [2.05, 4.69) is 104 Å². The molecule has 228 valence electrons. The quantitative estimate of drug-likeness (QED) is 0.155. The standard InChI is InChI=1S/C41H46O3/c1-31-18-20-32(21-19-31)12-5-2-3-9-28-42-36-24-22-34(23-25-36)41-38(33-13-6-4-7-14-33)16-11-15-35-30-37(26-27-39(35)41)44-40-17-8-10-29-43-40/h4,6-7,13-14,18-27,30,40H,2-3,5,8-12,15-17,28-29H2,1H3. The SMILES string of the molecule is Cc1ccc(CCCCCCOc2ccc(C3=C(c4ccccc4)CCCc4cc(OC5CCCCO5)ccc43)cc2)cc1. The van der Waals surface area contributed by atoms with Crippen molar-refractivity contribution in [3.63, 3.8) is 0 Å². The topological polar surface area (TPSA) is 27.7 Å². The van der Waals surface area contributed by atoms with Crippen LogP contribution in [0.15, 0.2) is 97.1 Å². The first-order valence-electron chi connectivity index (χ1n) is 16.7. The zero-order valence-corrected chi connectivity index (χ0v) is 26.2. The van der Waals surface area contributed by atoms with Crippen molar-refractivity contribution in [1.82, 2.24) is 0 Å². The number of hydrogen-bond acceptors (Lipinski definition) is 3. The van der Waals surface area contributed by atoms with Gasteiger partial charge in [0.15, 0.2) is 6.29 Å². The van der Waals surface area contributed by atoms with Crippen LogP contribution in [-0.4, -0.2) is 19.5 Å². The van der Waals surface area contributed by atoms with Gasteiger partial charge in [-0.15, -0.1) is 0 Å². The highest BCUT2D eigenvalue weighted by Gasteiger charge is 2.22. The third-order valence-corrected chi connectivity index (χ3v) is 8.94. The van der Waals surface area contributed by atoms with Gasteiger partial charge in [0, 0.05) is 6.42 Å². The number of hydrogen-bond donors (Lipinski definition) is 0. The Labute approximate surface area is 263 Å². The molecule has 1 heterocycles. The van der Waals surface area contributed by atoms with E-state index in [1.54, 1.807) is 0 Å². The zero-order valence-electron chi connectivity index (χ0n) is 26.2. The van der Waals surface area contributed by atoms with Crippen molar-refractivity contribution < 1.29 is 14.2 Å². The third kappa shape index (κ3) is 8.01. The molecule has 0 spiro atoms. The van der Waals surface area contributed by atoms with Gasteiger partial charge in [0.25, 0.3) is 0 Å². The van der Waals surface area contributed by atoms with Gasteiger partial charge < -0.3 is 14.2 Å². The second kappa shape index (κ2) is 15.3. The highest BCUT2D eigenvalue weighted by molar-refractivity contribution is 6.00. The fourth-order valence-electron chi connectivity index (χ4n) is 6.50. The molecule has 0 amide bonds. The van der Waals surface area contributed by atoms with Crippen LogP contribution in [0.5, 0.6) is 11.5 Å². The molecule has 6 rings (SSSR count). The predicted molar refractivity (Wildman–Crippen MR) is 181 cm³/mol. The summed E-state index contributed by atoms with van der Waals surface area (Å²) in [5.41, 5.74) is 10.7.